The molecule has 0 aliphatic heterocycles. The molecule has 1 N–H and O–H groups in total. The van der Waals surface area contributed by atoms with Crippen LogP contribution in [0.5, 0.6) is 5.75 Å². The fraction of sp³-hybridized carbons (Fsp3) is 0.0769. The van der Waals surface area contributed by atoms with E-state index in [1.54, 1.807) is 24.4 Å². The van der Waals surface area contributed by atoms with E-state index >= 15 is 0 Å². The summed E-state index contributed by atoms with van der Waals surface area (Å²) in [5.74, 6) is 0.391. The standard InChI is InChI=1S/C13H9ClN2O2/c1-7-5-8(14)6-9(17)11(7)13-16-12-10(18-13)3-2-4-15-12/h2-6,17H,1H3. The van der Waals surface area contributed by atoms with Crippen LogP contribution >= 0.6 is 11.6 Å². The van der Waals surface area contributed by atoms with Crippen molar-refractivity contribution in [1.82, 2.24) is 9.97 Å². The summed E-state index contributed by atoms with van der Waals surface area (Å²) >= 11 is 5.87. The maximum atomic E-state index is 9.95. The van der Waals surface area contributed by atoms with E-state index in [2.05, 4.69) is 9.97 Å². The van der Waals surface area contributed by atoms with E-state index in [4.69, 9.17) is 16.0 Å². The molecule has 3 rings (SSSR count). The maximum absolute atomic E-state index is 9.95. The molecule has 0 radical (unpaired) electrons. The fourth-order valence-electron chi connectivity index (χ4n) is 1.88. The first-order valence-electron chi connectivity index (χ1n) is 5.36. The molecule has 0 aliphatic rings. The minimum atomic E-state index is 0.0477. The summed E-state index contributed by atoms with van der Waals surface area (Å²) in [6, 6.07) is 6.76. The molecule has 0 amide bonds. The largest absolute Gasteiger partial charge is 0.507 e. The number of benzene rings is 1. The molecule has 0 fully saturated rings. The molecule has 90 valence electrons. The summed E-state index contributed by atoms with van der Waals surface area (Å²) in [4.78, 5) is 8.35. The van der Waals surface area contributed by atoms with Gasteiger partial charge in [0.15, 0.2) is 11.2 Å². The smallest absolute Gasteiger partial charge is 0.232 e. The number of aryl methyl sites for hydroxylation is 1. The van der Waals surface area contributed by atoms with Gasteiger partial charge < -0.3 is 9.52 Å². The van der Waals surface area contributed by atoms with Crippen molar-refractivity contribution in [1.29, 1.82) is 0 Å². The quantitative estimate of drug-likeness (QED) is 0.727. The van der Waals surface area contributed by atoms with Gasteiger partial charge in [-0.25, -0.2) is 4.98 Å². The maximum Gasteiger partial charge on any atom is 0.232 e. The molecule has 0 atom stereocenters. The van der Waals surface area contributed by atoms with Crippen LogP contribution in [-0.4, -0.2) is 15.1 Å². The normalized spacial score (nSPS) is 11.0. The van der Waals surface area contributed by atoms with Crippen LogP contribution in [0, 0.1) is 6.92 Å². The van der Waals surface area contributed by atoms with Crippen LogP contribution in [0.3, 0.4) is 0 Å². The molecular formula is C13H9ClN2O2. The molecule has 1 aromatic carbocycles. The molecule has 0 saturated heterocycles. The third-order valence-corrected chi connectivity index (χ3v) is 2.88. The van der Waals surface area contributed by atoms with Gasteiger partial charge in [0.25, 0.3) is 0 Å². The van der Waals surface area contributed by atoms with Crippen LogP contribution in [-0.2, 0) is 0 Å². The molecule has 2 heterocycles. The van der Waals surface area contributed by atoms with Gasteiger partial charge in [-0.05, 0) is 36.8 Å². The number of aromatic nitrogens is 2. The van der Waals surface area contributed by atoms with Crippen LogP contribution in [0.2, 0.25) is 5.02 Å². The van der Waals surface area contributed by atoms with E-state index in [1.165, 1.54) is 6.07 Å². The first-order valence-corrected chi connectivity index (χ1v) is 5.74. The summed E-state index contributed by atoms with van der Waals surface area (Å²) in [7, 11) is 0. The second-order valence-electron chi connectivity index (χ2n) is 3.96. The molecule has 0 spiro atoms. The predicted molar refractivity (Wildman–Crippen MR) is 68.7 cm³/mol. The van der Waals surface area contributed by atoms with Gasteiger partial charge >= 0.3 is 0 Å². The van der Waals surface area contributed by atoms with Gasteiger partial charge in [-0.2, -0.15) is 4.98 Å². The van der Waals surface area contributed by atoms with E-state index < -0.39 is 0 Å². The van der Waals surface area contributed by atoms with Crippen molar-refractivity contribution in [2.45, 2.75) is 6.92 Å². The Bertz CT molecular complexity index is 681. The van der Waals surface area contributed by atoms with E-state index in [1.807, 2.05) is 6.92 Å². The van der Waals surface area contributed by atoms with Crippen LogP contribution in [0.4, 0.5) is 0 Å². The monoisotopic (exact) mass is 260 g/mol. The highest BCUT2D eigenvalue weighted by Crippen LogP contribution is 2.35. The molecule has 5 heteroatoms. The van der Waals surface area contributed by atoms with Crippen molar-refractivity contribution in [3.05, 3.63) is 41.0 Å². The Morgan fingerprint density at radius 1 is 1.33 bits per heavy atom. The Morgan fingerprint density at radius 2 is 2.17 bits per heavy atom. The van der Waals surface area contributed by atoms with Crippen molar-refractivity contribution in [3.8, 4) is 17.2 Å². The van der Waals surface area contributed by atoms with Crippen molar-refractivity contribution in [2.75, 3.05) is 0 Å². The summed E-state index contributed by atoms with van der Waals surface area (Å²) in [6.45, 7) is 1.84. The zero-order valence-electron chi connectivity index (χ0n) is 9.51. The first-order chi connectivity index (χ1) is 8.65. The molecule has 2 aromatic heterocycles. The lowest BCUT2D eigenvalue weighted by Gasteiger charge is -2.04. The SMILES string of the molecule is Cc1cc(Cl)cc(O)c1-c1nc2ncccc2o1. The number of phenolic OH excluding ortho intramolecular Hbond substituents is 1. The number of pyridine rings is 1. The van der Waals surface area contributed by atoms with Gasteiger partial charge in [-0.1, -0.05) is 11.6 Å². The second-order valence-corrected chi connectivity index (χ2v) is 4.40. The van der Waals surface area contributed by atoms with Crippen molar-refractivity contribution in [3.63, 3.8) is 0 Å². The van der Waals surface area contributed by atoms with Gasteiger partial charge in [-0.3, -0.25) is 0 Å². The van der Waals surface area contributed by atoms with Crippen molar-refractivity contribution >= 4 is 22.8 Å². The lowest BCUT2D eigenvalue weighted by Crippen LogP contribution is -1.85. The number of oxazole rings is 1. The van der Waals surface area contributed by atoms with Gasteiger partial charge in [0.2, 0.25) is 5.89 Å². The van der Waals surface area contributed by atoms with Gasteiger partial charge in [-0.15, -0.1) is 0 Å². The highest BCUT2D eigenvalue weighted by atomic mass is 35.5. The molecule has 18 heavy (non-hydrogen) atoms. The number of phenols is 1. The number of hydrogen-bond donors (Lipinski definition) is 1. The lowest BCUT2D eigenvalue weighted by molar-refractivity contribution is 0.473. The van der Waals surface area contributed by atoms with Gasteiger partial charge in [0.1, 0.15) is 5.75 Å². The minimum absolute atomic E-state index is 0.0477. The molecule has 0 saturated carbocycles. The average molecular weight is 261 g/mol. The summed E-state index contributed by atoms with van der Waals surface area (Å²) in [5, 5.41) is 10.4. The van der Waals surface area contributed by atoms with Gasteiger partial charge in [0, 0.05) is 11.2 Å². The molecule has 0 aliphatic carbocycles. The predicted octanol–water partition coefficient (Wildman–Crippen LogP) is 3.56. The van der Waals surface area contributed by atoms with Gasteiger partial charge in [0.05, 0.1) is 5.56 Å². The zero-order valence-corrected chi connectivity index (χ0v) is 10.3. The number of rotatable bonds is 1. The highest BCUT2D eigenvalue weighted by Gasteiger charge is 2.15. The minimum Gasteiger partial charge on any atom is -0.507 e. The lowest BCUT2D eigenvalue weighted by atomic mass is 10.1. The zero-order chi connectivity index (χ0) is 12.7. The number of nitrogens with zero attached hydrogens (tertiary/aromatic N) is 2. The van der Waals surface area contributed by atoms with E-state index in [9.17, 15) is 5.11 Å². The fourth-order valence-corrected chi connectivity index (χ4v) is 2.15. The number of halogens is 1. The third kappa shape index (κ3) is 1.71. The second kappa shape index (κ2) is 3.99. The number of aromatic hydroxyl groups is 1. The summed E-state index contributed by atoms with van der Waals surface area (Å²) in [5.41, 5.74) is 2.44. The van der Waals surface area contributed by atoms with Crippen molar-refractivity contribution in [2.24, 2.45) is 0 Å². The van der Waals surface area contributed by atoms with Crippen LogP contribution < -0.4 is 0 Å². The Hall–Kier alpha value is -2.07. The van der Waals surface area contributed by atoms with Crippen LogP contribution in [0.1, 0.15) is 5.56 Å². The molecule has 0 bridgehead atoms. The Labute approximate surface area is 108 Å². The molecule has 3 aromatic rings. The van der Waals surface area contributed by atoms with Crippen LogP contribution in [0.25, 0.3) is 22.7 Å². The molecule has 0 unspecified atom stereocenters. The molecule has 4 nitrogen and oxygen atoms in total. The Balaban J connectivity index is 2.26. The Morgan fingerprint density at radius 3 is 2.89 bits per heavy atom. The average Bonchev–Trinajstić information content (AvgIpc) is 2.70. The van der Waals surface area contributed by atoms with E-state index in [0.717, 1.165) is 5.56 Å². The number of hydrogen-bond acceptors (Lipinski definition) is 4. The topological polar surface area (TPSA) is 59.2 Å². The first kappa shape index (κ1) is 11.0. The van der Waals surface area contributed by atoms with Crippen LogP contribution in [0.15, 0.2) is 34.9 Å². The molecular weight excluding hydrogens is 252 g/mol. The third-order valence-electron chi connectivity index (χ3n) is 2.66. The van der Waals surface area contributed by atoms with Crippen molar-refractivity contribution < 1.29 is 9.52 Å². The van der Waals surface area contributed by atoms with E-state index in [-0.39, 0.29) is 5.75 Å². The summed E-state index contributed by atoms with van der Waals surface area (Å²) < 4.78 is 5.58. The summed E-state index contributed by atoms with van der Waals surface area (Å²) in [6.07, 6.45) is 1.64. The Kier molecular flexibility index (Phi) is 2.45. The number of fused-ring (bicyclic) bond motifs is 1. The van der Waals surface area contributed by atoms with E-state index in [0.29, 0.717) is 27.7 Å². The highest BCUT2D eigenvalue weighted by molar-refractivity contribution is 6.30.